The number of morpholine rings is 1. The number of aryl methyl sites for hydroxylation is 1. The number of carboxylic acids is 1. The molecule has 0 unspecified atom stereocenters. The van der Waals surface area contributed by atoms with E-state index in [4.69, 9.17) is 4.74 Å². The van der Waals surface area contributed by atoms with Gasteiger partial charge in [-0.2, -0.15) is 0 Å². The van der Waals surface area contributed by atoms with Crippen LogP contribution >= 0.6 is 0 Å². The lowest BCUT2D eigenvalue weighted by Crippen LogP contribution is -2.37. The number of ether oxygens (including phenoxy) is 1. The highest BCUT2D eigenvalue weighted by atomic mass is 32.2. The molecule has 0 bridgehead atoms. The molecule has 1 aliphatic rings. The zero-order valence-corrected chi connectivity index (χ0v) is 15.1. The number of aromatic carboxylic acids is 1. The van der Waals surface area contributed by atoms with Crippen LogP contribution in [0.15, 0.2) is 47.4 Å². The predicted molar refractivity (Wildman–Crippen MR) is 98.4 cm³/mol. The van der Waals surface area contributed by atoms with Gasteiger partial charge in [0.1, 0.15) is 0 Å². The number of anilines is 2. The second-order valence-electron chi connectivity index (χ2n) is 6.06. The maximum absolute atomic E-state index is 12.5. The van der Waals surface area contributed by atoms with E-state index in [0.29, 0.717) is 32.0 Å². The van der Waals surface area contributed by atoms with Crippen molar-refractivity contribution in [3.05, 3.63) is 53.6 Å². The average molecular weight is 376 g/mol. The van der Waals surface area contributed by atoms with E-state index < -0.39 is 16.0 Å². The fourth-order valence-corrected chi connectivity index (χ4v) is 4.00. The molecule has 138 valence electrons. The lowest BCUT2D eigenvalue weighted by atomic mass is 10.1. The first-order chi connectivity index (χ1) is 12.4. The van der Waals surface area contributed by atoms with Crippen LogP contribution in [0, 0.1) is 6.92 Å². The molecule has 0 spiro atoms. The molecular formula is C18H20N2O5S. The summed E-state index contributed by atoms with van der Waals surface area (Å²) in [7, 11) is -3.79. The first-order valence-corrected chi connectivity index (χ1v) is 9.65. The van der Waals surface area contributed by atoms with Crippen molar-refractivity contribution in [3.63, 3.8) is 0 Å². The summed E-state index contributed by atoms with van der Waals surface area (Å²) in [5, 5.41) is 9.54. The third-order valence-electron chi connectivity index (χ3n) is 4.13. The van der Waals surface area contributed by atoms with Crippen LogP contribution in [0.4, 0.5) is 11.4 Å². The number of rotatable bonds is 5. The number of hydrogen-bond donors (Lipinski definition) is 2. The van der Waals surface area contributed by atoms with Crippen LogP contribution in [-0.2, 0) is 14.8 Å². The molecule has 2 aromatic rings. The van der Waals surface area contributed by atoms with Crippen molar-refractivity contribution in [1.82, 2.24) is 0 Å². The first-order valence-electron chi connectivity index (χ1n) is 8.16. The summed E-state index contributed by atoms with van der Waals surface area (Å²) < 4.78 is 32.8. The Morgan fingerprint density at radius 2 is 1.88 bits per heavy atom. The Hall–Kier alpha value is -2.58. The van der Waals surface area contributed by atoms with E-state index in [1.807, 2.05) is 4.90 Å². The molecule has 1 aliphatic heterocycles. The standard InChI is InChI=1S/C18H20N2O5S/c1-13-3-2-4-15(11-13)26(23,24)19-14-5-6-17(16(12-14)18(21)22)20-7-9-25-10-8-20/h2-6,11-12,19H,7-10H2,1H3,(H,21,22). The summed E-state index contributed by atoms with van der Waals surface area (Å²) in [6.45, 7) is 4.05. The molecule has 1 fully saturated rings. The van der Waals surface area contributed by atoms with Crippen molar-refractivity contribution in [2.45, 2.75) is 11.8 Å². The van der Waals surface area contributed by atoms with E-state index in [1.54, 1.807) is 37.3 Å². The van der Waals surface area contributed by atoms with Gasteiger partial charge in [0.15, 0.2) is 0 Å². The van der Waals surface area contributed by atoms with E-state index in [-0.39, 0.29) is 16.1 Å². The van der Waals surface area contributed by atoms with Gasteiger partial charge >= 0.3 is 5.97 Å². The average Bonchev–Trinajstić information content (AvgIpc) is 2.62. The highest BCUT2D eigenvalue weighted by Gasteiger charge is 2.21. The minimum absolute atomic E-state index is 0.0522. The predicted octanol–water partition coefficient (Wildman–Crippen LogP) is 2.33. The Labute approximate surface area is 152 Å². The number of nitrogens with zero attached hydrogens (tertiary/aromatic N) is 1. The third-order valence-corrected chi connectivity index (χ3v) is 5.51. The number of nitrogens with one attached hydrogen (secondary N) is 1. The maximum Gasteiger partial charge on any atom is 0.337 e. The molecule has 8 heteroatoms. The molecule has 26 heavy (non-hydrogen) atoms. The van der Waals surface area contributed by atoms with Crippen LogP contribution < -0.4 is 9.62 Å². The Kier molecular flexibility index (Phi) is 5.15. The third kappa shape index (κ3) is 3.97. The van der Waals surface area contributed by atoms with Gasteiger partial charge in [-0.3, -0.25) is 4.72 Å². The molecule has 2 aromatic carbocycles. The van der Waals surface area contributed by atoms with Gasteiger partial charge in [-0.15, -0.1) is 0 Å². The summed E-state index contributed by atoms with van der Waals surface area (Å²) in [5.41, 5.74) is 1.64. The number of carbonyl (C=O) groups is 1. The quantitative estimate of drug-likeness (QED) is 0.831. The highest BCUT2D eigenvalue weighted by Crippen LogP contribution is 2.27. The zero-order chi connectivity index (χ0) is 18.7. The molecule has 0 amide bonds. The van der Waals surface area contributed by atoms with E-state index in [2.05, 4.69) is 4.72 Å². The van der Waals surface area contributed by atoms with Crippen LogP contribution in [0.25, 0.3) is 0 Å². The molecule has 0 radical (unpaired) electrons. The minimum atomic E-state index is -3.79. The van der Waals surface area contributed by atoms with Crippen molar-refractivity contribution in [2.24, 2.45) is 0 Å². The number of benzene rings is 2. The van der Waals surface area contributed by atoms with Gasteiger partial charge in [0.05, 0.1) is 29.4 Å². The lowest BCUT2D eigenvalue weighted by Gasteiger charge is -2.30. The number of sulfonamides is 1. The smallest absolute Gasteiger partial charge is 0.337 e. The lowest BCUT2D eigenvalue weighted by molar-refractivity contribution is 0.0696. The molecular weight excluding hydrogens is 356 g/mol. The Morgan fingerprint density at radius 1 is 1.15 bits per heavy atom. The van der Waals surface area contributed by atoms with E-state index in [1.165, 1.54) is 12.1 Å². The first kappa shape index (κ1) is 18.2. The summed E-state index contributed by atoms with van der Waals surface area (Å²) in [6.07, 6.45) is 0. The topological polar surface area (TPSA) is 95.9 Å². The normalized spacial score (nSPS) is 14.9. The monoisotopic (exact) mass is 376 g/mol. The summed E-state index contributed by atoms with van der Waals surface area (Å²) in [5.74, 6) is -1.11. The molecule has 1 heterocycles. The second-order valence-corrected chi connectivity index (χ2v) is 7.74. The summed E-state index contributed by atoms with van der Waals surface area (Å²) >= 11 is 0. The molecule has 1 saturated heterocycles. The molecule has 3 rings (SSSR count). The largest absolute Gasteiger partial charge is 0.478 e. The van der Waals surface area contributed by atoms with Gasteiger partial charge in [0.2, 0.25) is 0 Å². The van der Waals surface area contributed by atoms with Crippen molar-refractivity contribution in [3.8, 4) is 0 Å². The molecule has 2 N–H and O–H groups in total. The Balaban J connectivity index is 1.91. The highest BCUT2D eigenvalue weighted by molar-refractivity contribution is 7.92. The SMILES string of the molecule is Cc1cccc(S(=O)(=O)Nc2ccc(N3CCOCC3)c(C(=O)O)c2)c1. The van der Waals surface area contributed by atoms with Crippen LogP contribution in [0.5, 0.6) is 0 Å². The minimum Gasteiger partial charge on any atom is -0.478 e. The van der Waals surface area contributed by atoms with Crippen LogP contribution in [-0.4, -0.2) is 45.8 Å². The summed E-state index contributed by atoms with van der Waals surface area (Å²) in [4.78, 5) is 13.7. The second kappa shape index (κ2) is 7.35. The van der Waals surface area contributed by atoms with E-state index in [9.17, 15) is 18.3 Å². The van der Waals surface area contributed by atoms with Gasteiger partial charge in [0.25, 0.3) is 10.0 Å². The number of hydrogen-bond acceptors (Lipinski definition) is 5. The van der Waals surface area contributed by atoms with Crippen molar-refractivity contribution >= 4 is 27.4 Å². The fraction of sp³-hybridized carbons (Fsp3) is 0.278. The van der Waals surface area contributed by atoms with E-state index >= 15 is 0 Å². The van der Waals surface area contributed by atoms with Crippen LogP contribution in [0.3, 0.4) is 0 Å². The van der Waals surface area contributed by atoms with Crippen molar-refractivity contribution in [2.75, 3.05) is 35.9 Å². The van der Waals surface area contributed by atoms with E-state index in [0.717, 1.165) is 5.56 Å². The maximum atomic E-state index is 12.5. The zero-order valence-electron chi connectivity index (χ0n) is 14.3. The molecule has 0 aliphatic carbocycles. The van der Waals surface area contributed by atoms with Gasteiger partial charge in [-0.1, -0.05) is 12.1 Å². The van der Waals surface area contributed by atoms with Crippen molar-refractivity contribution < 1.29 is 23.1 Å². The van der Waals surface area contributed by atoms with Gasteiger partial charge in [-0.25, -0.2) is 13.2 Å². The van der Waals surface area contributed by atoms with Crippen LogP contribution in [0.2, 0.25) is 0 Å². The molecule has 7 nitrogen and oxygen atoms in total. The fourth-order valence-electron chi connectivity index (χ4n) is 2.85. The molecule has 0 saturated carbocycles. The Morgan fingerprint density at radius 3 is 2.54 bits per heavy atom. The van der Waals surface area contributed by atoms with Gasteiger partial charge in [-0.05, 0) is 42.8 Å². The summed E-state index contributed by atoms with van der Waals surface area (Å²) in [6, 6.07) is 11.1. The van der Waals surface area contributed by atoms with Crippen molar-refractivity contribution in [1.29, 1.82) is 0 Å². The van der Waals surface area contributed by atoms with Gasteiger partial charge in [0, 0.05) is 18.8 Å². The molecule has 0 atom stereocenters. The Bertz CT molecular complexity index is 921. The van der Waals surface area contributed by atoms with Gasteiger partial charge < -0.3 is 14.7 Å². The van der Waals surface area contributed by atoms with Crippen LogP contribution in [0.1, 0.15) is 15.9 Å². The number of carboxylic acid groups (broad SMARTS) is 1. The molecule has 0 aromatic heterocycles.